The Balaban J connectivity index is 2.22. The van der Waals surface area contributed by atoms with Gasteiger partial charge in [-0.05, 0) is 37.6 Å². The van der Waals surface area contributed by atoms with Crippen LogP contribution in [0, 0.1) is 6.92 Å². The van der Waals surface area contributed by atoms with Crippen LogP contribution in [0.2, 0.25) is 10.0 Å². The molecule has 2 rings (SSSR count). The molecule has 2 amide bonds. The van der Waals surface area contributed by atoms with E-state index in [1.807, 2.05) is 25.1 Å². The molecule has 0 saturated carbocycles. The normalized spacial score (nSPS) is 11.6. The number of aryl methyl sites for hydroxylation is 1. The third-order valence-electron chi connectivity index (χ3n) is 4.25. The number of ether oxygens (including phenoxy) is 1. The predicted molar refractivity (Wildman–Crippen MR) is 107 cm³/mol. The number of benzene rings is 2. The Kier molecular flexibility index (Phi) is 7.51. The van der Waals surface area contributed by atoms with E-state index in [9.17, 15) is 9.59 Å². The summed E-state index contributed by atoms with van der Waals surface area (Å²) in [5.74, 6) is -0.0121. The predicted octanol–water partition coefficient (Wildman–Crippen LogP) is 3.84. The number of carbonyl (C=O) groups excluding carboxylic acids is 2. The third-order valence-corrected chi connectivity index (χ3v) is 4.96. The highest BCUT2D eigenvalue weighted by atomic mass is 35.5. The Hall–Kier alpha value is -2.24. The molecule has 0 fully saturated rings. The van der Waals surface area contributed by atoms with Crippen LogP contribution < -0.4 is 10.1 Å². The van der Waals surface area contributed by atoms with Crippen LogP contribution in [0.5, 0.6) is 5.75 Å². The van der Waals surface area contributed by atoms with E-state index in [4.69, 9.17) is 27.9 Å². The summed E-state index contributed by atoms with van der Waals surface area (Å²) in [5, 5.41) is 3.43. The third kappa shape index (κ3) is 5.37. The van der Waals surface area contributed by atoms with E-state index in [0.717, 1.165) is 5.56 Å². The number of carbonyl (C=O) groups is 2. The number of nitrogens with zero attached hydrogens (tertiary/aromatic N) is 1. The van der Waals surface area contributed by atoms with Gasteiger partial charge >= 0.3 is 0 Å². The number of hydrogen-bond donors (Lipinski definition) is 1. The first-order valence-corrected chi connectivity index (χ1v) is 9.23. The first kappa shape index (κ1) is 21.1. The molecule has 1 unspecified atom stereocenters. The van der Waals surface area contributed by atoms with Crippen LogP contribution in [0.25, 0.3) is 0 Å². The van der Waals surface area contributed by atoms with Gasteiger partial charge in [0, 0.05) is 29.2 Å². The van der Waals surface area contributed by atoms with E-state index < -0.39 is 6.04 Å². The van der Waals surface area contributed by atoms with Crippen molar-refractivity contribution < 1.29 is 14.3 Å². The van der Waals surface area contributed by atoms with Gasteiger partial charge in [0.05, 0.1) is 0 Å². The minimum absolute atomic E-state index is 0.100. The van der Waals surface area contributed by atoms with Crippen LogP contribution in [-0.2, 0) is 16.1 Å². The van der Waals surface area contributed by atoms with E-state index >= 15 is 0 Å². The number of rotatable bonds is 7. The smallest absolute Gasteiger partial charge is 0.261 e. The molecular formula is C20H22Cl2N2O3. The molecule has 7 heteroatoms. The van der Waals surface area contributed by atoms with Crippen molar-refractivity contribution in [2.75, 3.05) is 13.7 Å². The van der Waals surface area contributed by atoms with Crippen LogP contribution in [-0.4, -0.2) is 36.4 Å². The summed E-state index contributed by atoms with van der Waals surface area (Å²) in [5.41, 5.74) is 1.51. The first-order valence-electron chi connectivity index (χ1n) is 8.47. The van der Waals surface area contributed by atoms with Crippen molar-refractivity contribution in [2.24, 2.45) is 0 Å². The fourth-order valence-electron chi connectivity index (χ4n) is 2.59. The zero-order valence-corrected chi connectivity index (χ0v) is 17.0. The number of halogens is 2. The molecular weight excluding hydrogens is 387 g/mol. The van der Waals surface area contributed by atoms with Crippen LogP contribution in [0.4, 0.5) is 0 Å². The van der Waals surface area contributed by atoms with E-state index in [0.29, 0.717) is 21.4 Å². The number of para-hydroxylation sites is 1. The van der Waals surface area contributed by atoms with E-state index in [1.165, 1.54) is 11.9 Å². The van der Waals surface area contributed by atoms with Gasteiger partial charge in [-0.25, -0.2) is 0 Å². The fraction of sp³-hybridized carbons (Fsp3) is 0.300. The van der Waals surface area contributed by atoms with Crippen molar-refractivity contribution >= 4 is 35.0 Å². The molecule has 0 aromatic heterocycles. The van der Waals surface area contributed by atoms with Gasteiger partial charge in [0.1, 0.15) is 11.8 Å². The van der Waals surface area contributed by atoms with Gasteiger partial charge < -0.3 is 15.0 Å². The quantitative estimate of drug-likeness (QED) is 0.756. The topological polar surface area (TPSA) is 58.6 Å². The molecule has 27 heavy (non-hydrogen) atoms. The highest BCUT2D eigenvalue weighted by Gasteiger charge is 2.27. The molecule has 0 saturated heterocycles. The van der Waals surface area contributed by atoms with Crippen LogP contribution in [0.15, 0.2) is 42.5 Å². The number of amides is 2. The molecule has 144 valence electrons. The Labute approximate surface area is 169 Å². The average molecular weight is 409 g/mol. The molecule has 0 heterocycles. The number of likely N-dealkylation sites (N-methyl/N-ethyl adjacent to an activating group) is 1. The summed E-state index contributed by atoms with van der Waals surface area (Å²) in [6.07, 6.45) is 0. The number of nitrogens with one attached hydrogen (secondary N) is 1. The Morgan fingerprint density at radius 2 is 1.74 bits per heavy atom. The monoisotopic (exact) mass is 408 g/mol. The second-order valence-corrected chi connectivity index (χ2v) is 6.88. The van der Waals surface area contributed by atoms with Crippen LogP contribution >= 0.6 is 23.2 Å². The van der Waals surface area contributed by atoms with Gasteiger partial charge in [-0.15, -0.1) is 0 Å². The molecule has 1 atom stereocenters. The molecule has 5 nitrogen and oxygen atoms in total. The van der Waals surface area contributed by atoms with Crippen molar-refractivity contribution in [1.29, 1.82) is 0 Å². The Bertz CT molecular complexity index is 806. The number of hydrogen-bond acceptors (Lipinski definition) is 3. The lowest BCUT2D eigenvalue weighted by atomic mass is 10.1. The molecule has 0 aliphatic rings. The molecule has 1 N–H and O–H groups in total. The minimum Gasteiger partial charge on any atom is -0.484 e. The zero-order chi connectivity index (χ0) is 20.0. The highest BCUT2D eigenvalue weighted by Crippen LogP contribution is 2.26. The van der Waals surface area contributed by atoms with Crippen molar-refractivity contribution in [1.82, 2.24) is 10.2 Å². The summed E-state index contributed by atoms with van der Waals surface area (Å²) in [6, 6.07) is 11.8. The van der Waals surface area contributed by atoms with E-state index in [2.05, 4.69) is 5.32 Å². The molecule has 0 bridgehead atoms. The second kappa shape index (κ2) is 9.62. The molecule has 0 aliphatic heterocycles. The second-order valence-electron chi connectivity index (χ2n) is 6.07. The standard InChI is InChI=1S/C20H22Cl2N2O3/c1-13-7-4-5-10-18(13)27-12-19(25)24(14(2)20(26)23-3)11-15-16(21)8-6-9-17(15)22/h4-10,14H,11-12H2,1-3H3,(H,23,26). The highest BCUT2D eigenvalue weighted by molar-refractivity contribution is 6.36. The van der Waals surface area contributed by atoms with Crippen molar-refractivity contribution in [2.45, 2.75) is 26.4 Å². The lowest BCUT2D eigenvalue weighted by Gasteiger charge is -2.29. The fourth-order valence-corrected chi connectivity index (χ4v) is 3.10. The van der Waals surface area contributed by atoms with Gasteiger partial charge in [-0.1, -0.05) is 47.5 Å². The van der Waals surface area contributed by atoms with Crippen LogP contribution in [0.3, 0.4) is 0 Å². The molecule has 2 aromatic carbocycles. The zero-order valence-electron chi connectivity index (χ0n) is 15.5. The molecule has 0 spiro atoms. The van der Waals surface area contributed by atoms with Gasteiger partial charge in [0.15, 0.2) is 6.61 Å². The van der Waals surface area contributed by atoms with Gasteiger partial charge in [-0.2, -0.15) is 0 Å². The molecule has 0 aliphatic carbocycles. The molecule has 0 radical (unpaired) electrons. The van der Waals surface area contributed by atoms with E-state index in [1.54, 1.807) is 31.2 Å². The Morgan fingerprint density at radius 1 is 1.11 bits per heavy atom. The van der Waals surface area contributed by atoms with Crippen molar-refractivity contribution in [3.63, 3.8) is 0 Å². The van der Waals surface area contributed by atoms with Crippen LogP contribution in [0.1, 0.15) is 18.1 Å². The largest absolute Gasteiger partial charge is 0.484 e. The first-order chi connectivity index (χ1) is 12.8. The summed E-state index contributed by atoms with van der Waals surface area (Å²) in [4.78, 5) is 26.4. The average Bonchev–Trinajstić information content (AvgIpc) is 2.65. The van der Waals surface area contributed by atoms with Gasteiger partial charge in [0.2, 0.25) is 5.91 Å². The van der Waals surface area contributed by atoms with Crippen molar-refractivity contribution in [3.05, 3.63) is 63.6 Å². The SMILES string of the molecule is CNC(=O)C(C)N(Cc1c(Cl)cccc1Cl)C(=O)COc1ccccc1C. The van der Waals surface area contributed by atoms with E-state index in [-0.39, 0.29) is 25.0 Å². The van der Waals surface area contributed by atoms with Crippen molar-refractivity contribution in [3.8, 4) is 5.75 Å². The summed E-state index contributed by atoms with van der Waals surface area (Å²) < 4.78 is 5.65. The van der Waals surface area contributed by atoms with Gasteiger partial charge in [-0.3, -0.25) is 9.59 Å². The maximum Gasteiger partial charge on any atom is 0.261 e. The Morgan fingerprint density at radius 3 is 2.33 bits per heavy atom. The summed E-state index contributed by atoms with van der Waals surface area (Å²) >= 11 is 12.5. The molecule has 2 aromatic rings. The lowest BCUT2D eigenvalue weighted by molar-refractivity contribution is -0.142. The van der Waals surface area contributed by atoms with Gasteiger partial charge in [0.25, 0.3) is 5.91 Å². The maximum absolute atomic E-state index is 12.9. The maximum atomic E-state index is 12.9. The minimum atomic E-state index is -0.713. The lowest BCUT2D eigenvalue weighted by Crippen LogP contribution is -2.48. The summed E-state index contributed by atoms with van der Waals surface area (Å²) in [6.45, 7) is 3.45. The summed E-state index contributed by atoms with van der Waals surface area (Å²) in [7, 11) is 1.52.